The number of rotatable bonds is 13. The second kappa shape index (κ2) is 12.3. The zero-order valence-electron chi connectivity index (χ0n) is 16.9. The van der Waals surface area contributed by atoms with Crippen molar-refractivity contribution in [3.8, 4) is 5.75 Å². The minimum Gasteiger partial charge on any atom is -0.494 e. The van der Waals surface area contributed by atoms with Gasteiger partial charge in [0, 0.05) is 12.1 Å². The first-order valence-corrected chi connectivity index (χ1v) is 9.79. The number of unbranched alkanes of at least 4 members (excludes halogenated alkanes) is 5. The van der Waals surface area contributed by atoms with Gasteiger partial charge in [-0.25, -0.2) is 0 Å². The third-order valence-electron chi connectivity index (χ3n) is 4.47. The highest BCUT2D eigenvalue weighted by atomic mass is 16.5. The van der Waals surface area contributed by atoms with Gasteiger partial charge in [-0.3, -0.25) is 9.59 Å². The van der Waals surface area contributed by atoms with Gasteiger partial charge in [0.05, 0.1) is 19.3 Å². The smallest absolute Gasteiger partial charge is 0.305 e. The minimum atomic E-state index is -1.15. The monoisotopic (exact) mass is 378 g/mol. The minimum absolute atomic E-state index is 0.0993. The highest BCUT2D eigenvalue weighted by Gasteiger charge is 2.29. The van der Waals surface area contributed by atoms with E-state index >= 15 is 0 Å². The van der Waals surface area contributed by atoms with Gasteiger partial charge in [0.15, 0.2) is 0 Å². The zero-order chi connectivity index (χ0) is 20.1. The average molecular weight is 379 g/mol. The molecule has 0 radical (unpaired) electrons. The third kappa shape index (κ3) is 9.43. The van der Waals surface area contributed by atoms with Crippen LogP contribution in [-0.2, 0) is 14.3 Å². The van der Waals surface area contributed by atoms with E-state index in [0.717, 1.165) is 12.2 Å². The van der Waals surface area contributed by atoms with Crippen molar-refractivity contribution in [1.82, 2.24) is 0 Å². The molecule has 1 amide bonds. The lowest BCUT2D eigenvalue weighted by molar-refractivity contribution is -0.141. The number of anilines is 1. The van der Waals surface area contributed by atoms with Crippen LogP contribution < -0.4 is 15.8 Å². The Balaban J connectivity index is 2.36. The molecule has 1 unspecified atom stereocenters. The Kier molecular flexibility index (Phi) is 10.5. The van der Waals surface area contributed by atoms with Crippen molar-refractivity contribution in [2.75, 3.05) is 19.0 Å². The standard InChI is InChI=1S/C21H34N2O4/c1-4-5-6-7-8-9-16-27-18-12-10-17(11-13-18)23-20(25)21(2,22)15-14-19(24)26-3/h10-13H,4-9,14-16,22H2,1-3H3,(H,23,25). The molecule has 1 rings (SSSR count). The molecule has 1 aromatic carbocycles. The van der Waals surface area contributed by atoms with Crippen molar-refractivity contribution < 1.29 is 19.1 Å². The van der Waals surface area contributed by atoms with Gasteiger partial charge in [-0.15, -0.1) is 0 Å². The fraction of sp³-hybridized carbons (Fsp3) is 0.619. The number of esters is 1. The first-order valence-electron chi connectivity index (χ1n) is 9.79. The summed E-state index contributed by atoms with van der Waals surface area (Å²) in [5.41, 5.74) is 5.51. The SMILES string of the molecule is CCCCCCCCOc1ccc(NC(=O)C(C)(N)CCC(=O)OC)cc1. The Morgan fingerprint density at radius 2 is 1.70 bits per heavy atom. The Labute approximate surface area is 162 Å². The van der Waals surface area contributed by atoms with Crippen molar-refractivity contribution in [3.63, 3.8) is 0 Å². The molecule has 0 saturated heterocycles. The topological polar surface area (TPSA) is 90.6 Å². The molecule has 6 heteroatoms. The average Bonchev–Trinajstić information content (AvgIpc) is 2.66. The van der Waals surface area contributed by atoms with Crippen molar-refractivity contribution in [1.29, 1.82) is 0 Å². The van der Waals surface area contributed by atoms with Crippen LogP contribution >= 0.6 is 0 Å². The van der Waals surface area contributed by atoms with Crippen LogP contribution in [0.15, 0.2) is 24.3 Å². The van der Waals surface area contributed by atoms with Crippen LogP contribution in [0.5, 0.6) is 5.75 Å². The lowest BCUT2D eigenvalue weighted by Gasteiger charge is -2.23. The Bertz CT molecular complexity index is 570. The second-order valence-electron chi connectivity index (χ2n) is 7.09. The summed E-state index contributed by atoms with van der Waals surface area (Å²) in [4.78, 5) is 23.5. The molecule has 0 fully saturated rings. The van der Waals surface area contributed by atoms with Gasteiger partial charge in [0.2, 0.25) is 5.91 Å². The molecule has 0 heterocycles. The lowest BCUT2D eigenvalue weighted by Crippen LogP contribution is -2.48. The number of amides is 1. The third-order valence-corrected chi connectivity index (χ3v) is 4.47. The molecule has 27 heavy (non-hydrogen) atoms. The maximum Gasteiger partial charge on any atom is 0.305 e. The number of benzene rings is 1. The van der Waals surface area contributed by atoms with Crippen LogP contribution in [0, 0.1) is 0 Å². The fourth-order valence-electron chi connectivity index (χ4n) is 2.56. The van der Waals surface area contributed by atoms with Crippen LogP contribution in [0.1, 0.15) is 65.2 Å². The Hall–Kier alpha value is -2.08. The molecule has 1 atom stereocenters. The summed E-state index contributed by atoms with van der Waals surface area (Å²) < 4.78 is 10.3. The van der Waals surface area contributed by atoms with Gasteiger partial charge in [0.25, 0.3) is 0 Å². The van der Waals surface area contributed by atoms with Crippen molar-refractivity contribution in [3.05, 3.63) is 24.3 Å². The second-order valence-corrected chi connectivity index (χ2v) is 7.09. The number of carbonyl (C=O) groups excluding carboxylic acids is 2. The summed E-state index contributed by atoms with van der Waals surface area (Å²) in [6, 6.07) is 7.22. The number of hydrogen-bond donors (Lipinski definition) is 2. The van der Waals surface area contributed by atoms with Crippen LogP contribution in [0.3, 0.4) is 0 Å². The predicted octanol–water partition coefficient (Wildman–Crippen LogP) is 4.04. The summed E-state index contributed by atoms with van der Waals surface area (Å²) in [5.74, 6) is 0.0567. The molecule has 152 valence electrons. The van der Waals surface area contributed by atoms with E-state index in [1.165, 1.54) is 39.2 Å². The fourth-order valence-corrected chi connectivity index (χ4v) is 2.56. The molecular formula is C21H34N2O4. The molecule has 0 bridgehead atoms. The van der Waals surface area contributed by atoms with Crippen molar-refractivity contribution in [2.45, 2.75) is 70.8 Å². The van der Waals surface area contributed by atoms with Crippen molar-refractivity contribution >= 4 is 17.6 Å². The lowest BCUT2D eigenvalue weighted by atomic mass is 9.96. The van der Waals surface area contributed by atoms with E-state index < -0.39 is 5.54 Å². The van der Waals surface area contributed by atoms with Gasteiger partial charge in [-0.2, -0.15) is 0 Å². The Morgan fingerprint density at radius 1 is 1.07 bits per heavy atom. The summed E-state index contributed by atoms with van der Waals surface area (Å²) in [6.07, 6.45) is 7.67. The Morgan fingerprint density at radius 3 is 2.33 bits per heavy atom. The molecular weight excluding hydrogens is 344 g/mol. The highest BCUT2D eigenvalue weighted by Crippen LogP contribution is 2.19. The van der Waals surface area contributed by atoms with Gasteiger partial charge in [0.1, 0.15) is 5.75 Å². The zero-order valence-corrected chi connectivity index (χ0v) is 16.9. The molecule has 0 aliphatic rings. The van der Waals surface area contributed by atoms with Gasteiger partial charge in [-0.05, 0) is 44.0 Å². The van der Waals surface area contributed by atoms with E-state index in [0.29, 0.717) is 12.3 Å². The van der Waals surface area contributed by atoms with E-state index in [2.05, 4.69) is 17.0 Å². The summed E-state index contributed by atoms with van der Waals surface area (Å²) in [5, 5.41) is 2.78. The van der Waals surface area contributed by atoms with Gasteiger partial charge < -0.3 is 20.5 Å². The van der Waals surface area contributed by atoms with Crippen molar-refractivity contribution in [2.24, 2.45) is 5.73 Å². The molecule has 0 spiro atoms. The maximum absolute atomic E-state index is 12.3. The summed E-state index contributed by atoms with van der Waals surface area (Å²) >= 11 is 0. The number of ether oxygens (including phenoxy) is 2. The van der Waals surface area contributed by atoms with Crippen LogP contribution in [0.25, 0.3) is 0 Å². The molecule has 1 aromatic rings. The number of methoxy groups -OCH3 is 1. The van der Waals surface area contributed by atoms with E-state index in [1.54, 1.807) is 19.1 Å². The van der Waals surface area contributed by atoms with E-state index in [9.17, 15) is 9.59 Å². The summed E-state index contributed by atoms with van der Waals surface area (Å²) in [7, 11) is 1.31. The largest absolute Gasteiger partial charge is 0.494 e. The summed E-state index contributed by atoms with van der Waals surface area (Å²) in [6.45, 7) is 4.51. The molecule has 0 aliphatic carbocycles. The van der Waals surface area contributed by atoms with Gasteiger partial charge >= 0.3 is 5.97 Å². The maximum atomic E-state index is 12.3. The van der Waals surface area contributed by atoms with E-state index in [4.69, 9.17) is 10.5 Å². The molecule has 0 saturated carbocycles. The number of hydrogen-bond acceptors (Lipinski definition) is 5. The quantitative estimate of drug-likeness (QED) is 0.399. The van der Waals surface area contributed by atoms with E-state index in [1.807, 2.05) is 12.1 Å². The number of nitrogens with one attached hydrogen (secondary N) is 1. The number of nitrogens with two attached hydrogens (primary N) is 1. The molecule has 0 aromatic heterocycles. The number of carbonyl (C=O) groups is 2. The normalized spacial score (nSPS) is 12.9. The predicted molar refractivity (Wildman–Crippen MR) is 108 cm³/mol. The molecule has 6 nitrogen and oxygen atoms in total. The molecule has 3 N–H and O–H groups in total. The highest BCUT2D eigenvalue weighted by molar-refractivity contribution is 5.97. The van der Waals surface area contributed by atoms with Gasteiger partial charge in [-0.1, -0.05) is 39.0 Å². The molecule has 0 aliphatic heterocycles. The van der Waals surface area contributed by atoms with Crippen LogP contribution in [0.2, 0.25) is 0 Å². The first kappa shape index (κ1) is 23.0. The van der Waals surface area contributed by atoms with Crippen LogP contribution in [-0.4, -0.2) is 31.1 Å². The first-order chi connectivity index (χ1) is 12.9. The van der Waals surface area contributed by atoms with E-state index in [-0.39, 0.29) is 24.7 Å². The van der Waals surface area contributed by atoms with Crippen LogP contribution in [0.4, 0.5) is 5.69 Å².